The lowest BCUT2D eigenvalue weighted by atomic mass is 9.80. The van der Waals surface area contributed by atoms with E-state index < -0.39 is 34.7 Å². The summed E-state index contributed by atoms with van der Waals surface area (Å²) in [6.07, 6.45) is 6.12. The van der Waals surface area contributed by atoms with Crippen molar-refractivity contribution in [3.8, 4) is 11.8 Å². The first-order valence-electron chi connectivity index (χ1n) is 11.3. The summed E-state index contributed by atoms with van der Waals surface area (Å²) >= 11 is 0. The number of aromatic nitrogens is 5. The van der Waals surface area contributed by atoms with Crippen molar-refractivity contribution in [2.24, 2.45) is 7.05 Å². The molecule has 11 nitrogen and oxygen atoms in total. The van der Waals surface area contributed by atoms with Gasteiger partial charge in [0.15, 0.2) is 5.69 Å². The molecule has 0 aliphatic carbocycles. The van der Waals surface area contributed by atoms with Crippen LogP contribution in [0.5, 0.6) is 5.75 Å². The van der Waals surface area contributed by atoms with E-state index in [1.807, 2.05) is 43.8 Å². The third-order valence-electron chi connectivity index (χ3n) is 6.04. The largest absolute Gasteiger partial charge is 0.501 e. The molecule has 3 heterocycles. The average Bonchev–Trinajstić information content (AvgIpc) is 3.56. The number of hydrogen-bond acceptors (Lipinski definition) is 8. The van der Waals surface area contributed by atoms with Gasteiger partial charge in [-0.05, 0) is 31.0 Å². The van der Waals surface area contributed by atoms with E-state index in [0.29, 0.717) is 5.56 Å². The third kappa shape index (κ3) is 4.48. The minimum atomic E-state index is -0.788. The van der Waals surface area contributed by atoms with Crippen LogP contribution in [-0.2, 0) is 7.05 Å². The molecule has 4 aromatic rings. The minimum absolute atomic E-state index is 0.116. The van der Waals surface area contributed by atoms with Crippen molar-refractivity contribution in [2.45, 2.75) is 38.6 Å². The molecule has 184 valence electrons. The van der Waals surface area contributed by atoms with Crippen LogP contribution in [0.4, 0.5) is 5.69 Å². The molecule has 3 aromatic heterocycles. The maximum absolute atomic E-state index is 12.9. The Morgan fingerprint density at radius 3 is 2.61 bits per heavy atom. The Kier molecular flexibility index (Phi) is 6.69. The minimum Gasteiger partial charge on any atom is -0.501 e. The van der Waals surface area contributed by atoms with Gasteiger partial charge in [-0.3, -0.25) is 18.8 Å². The molecule has 0 aliphatic heterocycles. The van der Waals surface area contributed by atoms with Crippen LogP contribution in [-0.4, -0.2) is 35.5 Å². The predicted octanol–water partition coefficient (Wildman–Crippen LogP) is 3.31. The van der Waals surface area contributed by atoms with Crippen LogP contribution >= 0.6 is 0 Å². The zero-order valence-corrected chi connectivity index (χ0v) is 20.2. The van der Waals surface area contributed by atoms with E-state index in [-0.39, 0.29) is 17.6 Å². The first-order chi connectivity index (χ1) is 17.2. The van der Waals surface area contributed by atoms with Crippen molar-refractivity contribution in [3.05, 3.63) is 87.7 Å². The van der Waals surface area contributed by atoms with E-state index in [9.17, 15) is 20.0 Å². The molecule has 0 bridgehead atoms. The van der Waals surface area contributed by atoms with Crippen molar-refractivity contribution in [3.63, 3.8) is 0 Å². The van der Waals surface area contributed by atoms with Gasteiger partial charge >= 0.3 is 0 Å². The summed E-state index contributed by atoms with van der Waals surface area (Å²) in [4.78, 5) is 30.2. The lowest BCUT2D eigenvalue weighted by Gasteiger charge is -2.26. The van der Waals surface area contributed by atoms with E-state index in [0.717, 1.165) is 11.1 Å². The molecule has 0 aliphatic rings. The van der Waals surface area contributed by atoms with Crippen molar-refractivity contribution in [2.75, 3.05) is 5.32 Å². The number of nitriles is 1. The standard InChI is InChI=1S/C25H25N7O4/c1-14(2)32-12-17(10-27-32)20(19-8-6-5-7-16(19)9-26)15(3)23-30-21(22(33)25(35)31(23)4)24(34)29-18-11-28-36-13-18/h5-8,10-15,20,33H,1-4H3,(H,29,34). The molecule has 2 atom stereocenters. The molecule has 36 heavy (non-hydrogen) atoms. The first kappa shape index (κ1) is 24.4. The normalized spacial score (nSPS) is 12.8. The van der Waals surface area contributed by atoms with Crippen molar-refractivity contribution in [1.82, 2.24) is 24.5 Å². The van der Waals surface area contributed by atoms with Crippen molar-refractivity contribution in [1.29, 1.82) is 5.26 Å². The molecule has 0 fully saturated rings. The Labute approximate surface area is 206 Å². The van der Waals surface area contributed by atoms with Gasteiger partial charge in [-0.15, -0.1) is 0 Å². The molecular formula is C25H25N7O4. The number of anilines is 1. The number of carbonyl (C=O) groups excluding carboxylic acids is 1. The molecule has 0 radical (unpaired) electrons. The number of nitrogens with zero attached hydrogens (tertiary/aromatic N) is 6. The molecule has 0 saturated heterocycles. The Morgan fingerprint density at radius 1 is 1.22 bits per heavy atom. The molecule has 4 rings (SSSR count). The van der Waals surface area contributed by atoms with E-state index >= 15 is 0 Å². The zero-order valence-electron chi connectivity index (χ0n) is 20.2. The highest BCUT2D eigenvalue weighted by Crippen LogP contribution is 2.39. The Bertz CT molecular complexity index is 1500. The summed E-state index contributed by atoms with van der Waals surface area (Å²) in [5, 5.41) is 30.7. The van der Waals surface area contributed by atoms with Gasteiger partial charge in [-0.25, -0.2) is 4.98 Å². The van der Waals surface area contributed by atoms with E-state index in [1.54, 1.807) is 18.3 Å². The summed E-state index contributed by atoms with van der Waals surface area (Å²) in [5.41, 5.74) is 1.07. The zero-order chi connectivity index (χ0) is 26.0. The summed E-state index contributed by atoms with van der Waals surface area (Å²) in [6, 6.07) is 9.55. The Balaban J connectivity index is 1.86. The van der Waals surface area contributed by atoms with Crippen LogP contribution in [0.2, 0.25) is 0 Å². The van der Waals surface area contributed by atoms with Gasteiger partial charge in [-0.2, -0.15) is 10.4 Å². The second kappa shape index (κ2) is 9.87. The van der Waals surface area contributed by atoms with Gasteiger partial charge in [-0.1, -0.05) is 30.3 Å². The van der Waals surface area contributed by atoms with Gasteiger partial charge in [0.1, 0.15) is 17.8 Å². The average molecular weight is 488 g/mol. The van der Waals surface area contributed by atoms with Crippen molar-refractivity contribution >= 4 is 11.6 Å². The van der Waals surface area contributed by atoms with Crippen molar-refractivity contribution < 1.29 is 14.4 Å². The SMILES string of the molecule is CC(c1nc(C(=O)Nc2cnoc2)c(O)c(=O)n1C)C(c1cnn(C(C)C)c1)c1ccccc1C#N. The number of hydrogen-bond donors (Lipinski definition) is 2. The lowest BCUT2D eigenvalue weighted by Crippen LogP contribution is -2.29. The van der Waals surface area contributed by atoms with Crippen LogP contribution in [0, 0.1) is 11.3 Å². The van der Waals surface area contributed by atoms with E-state index in [1.165, 1.54) is 24.1 Å². The molecule has 11 heteroatoms. The Morgan fingerprint density at radius 2 is 1.97 bits per heavy atom. The molecule has 2 unspecified atom stereocenters. The van der Waals surface area contributed by atoms with E-state index in [4.69, 9.17) is 4.52 Å². The van der Waals surface area contributed by atoms with Gasteiger partial charge in [0.25, 0.3) is 11.5 Å². The number of nitrogens with one attached hydrogen (secondary N) is 1. The first-order valence-corrected chi connectivity index (χ1v) is 11.3. The van der Waals surface area contributed by atoms with Crippen LogP contribution in [0.15, 0.2) is 58.4 Å². The van der Waals surface area contributed by atoms with E-state index in [2.05, 4.69) is 26.6 Å². The highest BCUT2D eigenvalue weighted by Gasteiger charge is 2.31. The summed E-state index contributed by atoms with van der Waals surface area (Å²) < 4.78 is 7.73. The monoisotopic (exact) mass is 487 g/mol. The quantitative estimate of drug-likeness (QED) is 0.403. The van der Waals surface area contributed by atoms with Crippen LogP contribution in [0.1, 0.15) is 71.7 Å². The second-order valence-corrected chi connectivity index (χ2v) is 8.71. The van der Waals surface area contributed by atoms with Crippen LogP contribution < -0.4 is 10.9 Å². The van der Waals surface area contributed by atoms with Gasteiger partial charge in [0.2, 0.25) is 5.75 Å². The maximum atomic E-state index is 12.9. The van der Waals surface area contributed by atoms with Gasteiger partial charge < -0.3 is 14.9 Å². The maximum Gasteiger partial charge on any atom is 0.296 e. The predicted molar refractivity (Wildman–Crippen MR) is 130 cm³/mol. The van der Waals surface area contributed by atoms with Crippen LogP contribution in [0.25, 0.3) is 0 Å². The smallest absolute Gasteiger partial charge is 0.296 e. The summed E-state index contributed by atoms with van der Waals surface area (Å²) in [7, 11) is 1.48. The number of rotatable bonds is 7. The molecule has 1 amide bonds. The fourth-order valence-electron chi connectivity index (χ4n) is 4.18. The highest BCUT2D eigenvalue weighted by atomic mass is 16.5. The van der Waals surface area contributed by atoms with Crippen LogP contribution in [0.3, 0.4) is 0 Å². The van der Waals surface area contributed by atoms with Gasteiger partial charge in [0, 0.05) is 31.1 Å². The topological polar surface area (TPSA) is 152 Å². The molecule has 0 spiro atoms. The summed E-state index contributed by atoms with van der Waals surface area (Å²) in [5.74, 6) is -2.23. The number of aromatic hydroxyl groups is 1. The third-order valence-corrected chi connectivity index (χ3v) is 6.04. The lowest BCUT2D eigenvalue weighted by molar-refractivity contribution is 0.101. The highest BCUT2D eigenvalue weighted by molar-refractivity contribution is 6.04. The number of amides is 1. The summed E-state index contributed by atoms with van der Waals surface area (Å²) in [6.45, 7) is 5.86. The number of carbonyl (C=O) groups is 1. The molecule has 2 N–H and O–H groups in total. The Hall–Kier alpha value is -4.72. The second-order valence-electron chi connectivity index (χ2n) is 8.71. The fourth-order valence-corrected chi connectivity index (χ4v) is 4.18. The van der Waals surface area contributed by atoms with Gasteiger partial charge in [0.05, 0.1) is 24.0 Å². The molecule has 1 aromatic carbocycles. The fraction of sp³-hybridized carbons (Fsp3) is 0.280. The number of benzene rings is 1. The molecule has 0 saturated carbocycles. The molecular weight excluding hydrogens is 462 g/mol.